The minimum atomic E-state index is -0.950. The first-order valence-corrected chi connectivity index (χ1v) is 5.95. The lowest BCUT2D eigenvalue weighted by atomic mass is 10.1. The summed E-state index contributed by atoms with van der Waals surface area (Å²) in [4.78, 5) is 28.9. The van der Waals surface area contributed by atoms with Crippen LogP contribution in [-0.4, -0.2) is 38.1 Å². The summed E-state index contributed by atoms with van der Waals surface area (Å²) in [6.07, 6.45) is 0. The lowest BCUT2D eigenvalue weighted by Gasteiger charge is -2.37. The number of carbonyl (C=O) groups excluding carboxylic acids is 1. The highest BCUT2D eigenvalue weighted by Gasteiger charge is 2.35. The Morgan fingerprint density at radius 1 is 1.47 bits per heavy atom. The van der Waals surface area contributed by atoms with Gasteiger partial charge in [-0.05, 0) is 20.8 Å². The van der Waals surface area contributed by atoms with Crippen molar-refractivity contribution >= 4 is 5.91 Å². The molecule has 19 heavy (non-hydrogen) atoms. The van der Waals surface area contributed by atoms with E-state index in [1.165, 1.54) is 4.57 Å². The molecule has 0 saturated carbocycles. The van der Waals surface area contributed by atoms with Gasteiger partial charge in [-0.15, -0.1) is 0 Å². The van der Waals surface area contributed by atoms with Gasteiger partial charge in [-0.25, -0.2) is 0 Å². The van der Waals surface area contributed by atoms with Gasteiger partial charge in [-0.3, -0.25) is 9.59 Å². The molecule has 0 aliphatic carbocycles. The van der Waals surface area contributed by atoms with Crippen LogP contribution in [0.25, 0.3) is 0 Å². The van der Waals surface area contributed by atoms with E-state index in [2.05, 4.69) is 4.98 Å². The molecule has 100 valence electrons. The molecule has 7 nitrogen and oxygen atoms in total. The van der Waals surface area contributed by atoms with Crippen LogP contribution in [-0.2, 0) is 0 Å². The third-order valence-electron chi connectivity index (χ3n) is 3.19. The third kappa shape index (κ3) is 1.85. The van der Waals surface area contributed by atoms with Gasteiger partial charge in [0.05, 0.1) is 6.04 Å². The van der Waals surface area contributed by atoms with Gasteiger partial charge in [0.15, 0.2) is 5.69 Å². The number of hydrogen-bond donors (Lipinski definition) is 1. The van der Waals surface area contributed by atoms with Crippen LogP contribution in [0.4, 0.5) is 0 Å². The molecule has 2 rings (SSSR count). The summed E-state index contributed by atoms with van der Waals surface area (Å²) < 4.78 is 1.33. The largest absolute Gasteiger partial charge is 0.501 e. The van der Waals surface area contributed by atoms with Gasteiger partial charge in [-0.1, -0.05) is 0 Å². The van der Waals surface area contributed by atoms with Gasteiger partial charge < -0.3 is 14.6 Å². The van der Waals surface area contributed by atoms with Crippen molar-refractivity contribution in [2.24, 2.45) is 0 Å². The van der Waals surface area contributed by atoms with Gasteiger partial charge in [0, 0.05) is 12.6 Å². The van der Waals surface area contributed by atoms with Crippen molar-refractivity contribution in [2.45, 2.75) is 32.9 Å². The number of nitrogens with zero attached hydrogens (tertiary/aromatic N) is 4. The smallest absolute Gasteiger partial charge is 0.316 e. The van der Waals surface area contributed by atoms with Crippen molar-refractivity contribution in [1.82, 2.24) is 14.5 Å². The lowest BCUT2D eigenvalue weighted by Crippen LogP contribution is -2.47. The first-order chi connectivity index (χ1) is 8.88. The topological polar surface area (TPSA) is 99.2 Å². The third-order valence-corrected chi connectivity index (χ3v) is 3.19. The van der Waals surface area contributed by atoms with Crippen molar-refractivity contribution in [3.8, 4) is 11.8 Å². The monoisotopic (exact) mass is 262 g/mol. The van der Waals surface area contributed by atoms with E-state index in [1.54, 1.807) is 17.9 Å². The molecule has 0 aromatic carbocycles. The lowest BCUT2D eigenvalue weighted by molar-refractivity contribution is 0.0605. The predicted octanol–water partition coefficient (Wildman–Crippen LogP) is 0.246. The van der Waals surface area contributed by atoms with Gasteiger partial charge >= 0.3 is 5.56 Å². The minimum absolute atomic E-state index is 0.0584. The quantitative estimate of drug-likeness (QED) is 0.781. The van der Waals surface area contributed by atoms with Gasteiger partial charge in [0.25, 0.3) is 5.91 Å². The summed E-state index contributed by atoms with van der Waals surface area (Å²) in [5, 5.41) is 18.8. The van der Waals surface area contributed by atoms with E-state index in [-0.39, 0.29) is 23.6 Å². The minimum Gasteiger partial charge on any atom is -0.501 e. The second kappa shape index (κ2) is 4.39. The SMILES string of the molecule is CC(C)N1C[C@H](C)n2c(C#N)nc(=O)c(O)c2C1=O. The first-order valence-electron chi connectivity index (χ1n) is 5.95. The Balaban J connectivity index is 2.77. The highest BCUT2D eigenvalue weighted by atomic mass is 16.3. The highest BCUT2D eigenvalue weighted by molar-refractivity contribution is 5.96. The number of aromatic nitrogens is 2. The maximum Gasteiger partial charge on any atom is 0.316 e. The summed E-state index contributed by atoms with van der Waals surface area (Å²) in [5.41, 5.74) is -1.10. The number of amides is 1. The Bertz CT molecular complexity index is 642. The van der Waals surface area contributed by atoms with Crippen LogP contribution >= 0.6 is 0 Å². The molecule has 0 fully saturated rings. The van der Waals surface area contributed by atoms with Crippen LogP contribution in [0, 0.1) is 11.3 Å². The molecule has 1 amide bonds. The first kappa shape index (κ1) is 13.1. The molecule has 0 spiro atoms. The molecule has 1 atom stereocenters. The maximum absolute atomic E-state index is 12.3. The van der Waals surface area contributed by atoms with E-state index in [0.717, 1.165) is 0 Å². The normalized spacial score (nSPS) is 18.4. The average molecular weight is 262 g/mol. The average Bonchev–Trinajstić information content (AvgIpc) is 2.36. The summed E-state index contributed by atoms with van der Waals surface area (Å²) in [7, 11) is 0. The zero-order valence-corrected chi connectivity index (χ0v) is 10.9. The summed E-state index contributed by atoms with van der Waals surface area (Å²) in [6, 6.07) is 1.50. The number of carbonyl (C=O) groups is 1. The number of aromatic hydroxyl groups is 1. The summed E-state index contributed by atoms with van der Waals surface area (Å²) in [5.74, 6) is -1.30. The van der Waals surface area contributed by atoms with Crippen molar-refractivity contribution in [3.05, 3.63) is 21.9 Å². The van der Waals surface area contributed by atoms with E-state index in [4.69, 9.17) is 5.26 Å². The number of rotatable bonds is 1. The fraction of sp³-hybridized carbons (Fsp3) is 0.500. The van der Waals surface area contributed by atoms with Crippen LogP contribution in [0.3, 0.4) is 0 Å². The summed E-state index contributed by atoms with van der Waals surface area (Å²) >= 11 is 0. The van der Waals surface area contributed by atoms with Crippen molar-refractivity contribution in [1.29, 1.82) is 5.26 Å². The molecule has 0 radical (unpaired) electrons. The second-order valence-electron chi connectivity index (χ2n) is 4.82. The van der Waals surface area contributed by atoms with Crippen LogP contribution in [0.1, 0.15) is 43.1 Å². The Labute approximate surface area is 109 Å². The molecule has 0 bridgehead atoms. The van der Waals surface area contributed by atoms with E-state index >= 15 is 0 Å². The fourth-order valence-corrected chi connectivity index (χ4v) is 2.27. The molecular formula is C12H14N4O3. The Hall–Kier alpha value is -2.36. The van der Waals surface area contributed by atoms with Gasteiger partial charge in [-0.2, -0.15) is 10.2 Å². The molecule has 1 N–H and O–H groups in total. The Morgan fingerprint density at radius 3 is 2.63 bits per heavy atom. The molecule has 7 heteroatoms. The molecule has 1 aromatic rings. The van der Waals surface area contributed by atoms with Crippen molar-refractivity contribution in [3.63, 3.8) is 0 Å². The van der Waals surface area contributed by atoms with E-state index in [0.29, 0.717) is 6.54 Å². The van der Waals surface area contributed by atoms with Crippen molar-refractivity contribution in [2.75, 3.05) is 6.54 Å². The molecule has 0 unspecified atom stereocenters. The van der Waals surface area contributed by atoms with E-state index < -0.39 is 17.2 Å². The highest BCUT2D eigenvalue weighted by Crippen LogP contribution is 2.27. The zero-order chi connectivity index (χ0) is 14.3. The predicted molar refractivity (Wildman–Crippen MR) is 65.8 cm³/mol. The molecule has 0 saturated heterocycles. The van der Waals surface area contributed by atoms with Gasteiger partial charge in [0.1, 0.15) is 6.07 Å². The maximum atomic E-state index is 12.3. The molecular weight excluding hydrogens is 248 g/mol. The van der Waals surface area contributed by atoms with Crippen LogP contribution in [0.5, 0.6) is 5.75 Å². The Kier molecular flexibility index (Phi) is 3.02. The number of fused-ring (bicyclic) bond motifs is 1. The summed E-state index contributed by atoms with van der Waals surface area (Å²) in [6.45, 7) is 5.91. The van der Waals surface area contributed by atoms with Crippen LogP contribution in [0.2, 0.25) is 0 Å². The van der Waals surface area contributed by atoms with E-state index in [1.807, 2.05) is 13.8 Å². The molecule has 2 heterocycles. The van der Waals surface area contributed by atoms with Crippen LogP contribution in [0.15, 0.2) is 4.79 Å². The number of nitriles is 1. The zero-order valence-electron chi connectivity index (χ0n) is 10.9. The van der Waals surface area contributed by atoms with E-state index in [9.17, 15) is 14.7 Å². The van der Waals surface area contributed by atoms with Crippen LogP contribution < -0.4 is 5.56 Å². The fourth-order valence-electron chi connectivity index (χ4n) is 2.27. The molecule has 1 aromatic heterocycles. The number of hydrogen-bond acceptors (Lipinski definition) is 5. The van der Waals surface area contributed by atoms with Gasteiger partial charge in [0.2, 0.25) is 11.6 Å². The molecule has 1 aliphatic heterocycles. The van der Waals surface area contributed by atoms with Crippen molar-refractivity contribution < 1.29 is 9.90 Å². The Morgan fingerprint density at radius 2 is 2.11 bits per heavy atom. The molecule has 1 aliphatic rings. The second-order valence-corrected chi connectivity index (χ2v) is 4.82. The standard InChI is InChI=1S/C12H14N4O3/c1-6(2)15-5-7(3)16-8(4-13)14-11(18)10(17)9(16)12(15)19/h6-7,17H,5H2,1-3H3/t7-/m0/s1.